The molecule has 0 aliphatic heterocycles. The van der Waals surface area contributed by atoms with Crippen LogP contribution in [-0.4, -0.2) is 12.6 Å². The molecule has 0 aliphatic rings. The summed E-state index contributed by atoms with van der Waals surface area (Å²) in [4.78, 5) is 11.5. The maximum atomic E-state index is 11.5. The van der Waals surface area contributed by atoms with E-state index in [1.165, 1.54) is 0 Å². The lowest BCUT2D eigenvalue weighted by molar-refractivity contribution is -0.137. The van der Waals surface area contributed by atoms with Crippen molar-refractivity contribution in [3.8, 4) is 0 Å². The molecule has 1 rings (SSSR count). The van der Waals surface area contributed by atoms with Crippen LogP contribution >= 0.6 is 0 Å². The highest BCUT2D eigenvalue weighted by Crippen LogP contribution is 2.21. The smallest absolute Gasteiger partial charge is 0.331 e. The van der Waals surface area contributed by atoms with Crippen molar-refractivity contribution in [1.82, 2.24) is 0 Å². The van der Waals surface area contributed by atoms with Crippen LogP contribution in [0, 0.1) is 0 Å². The molecule has 0 saturated heterocycles. The van der Waals surface area contributed by atoms with Gasteiger partial charge in [0.25, 0.3) is 0 Å². The summed E-state index contributed by atoms with van der Waals surface area (Å²) in [5.74, 6) is -0.299. The highest BCUT2D eigenvalue weighted by molar-refractivity contribution is 5.91. The molecule has 90 valence electrons. The van der Waals surface area contributed by atoms with Gasteiger partial charge < -0.3 is 4.74 Å². The molecule has 2 nitrogen and oxygen atoms in total. The summed E-state index contributed by atoms with van der Waals surface area (Å²) in [7, 11) is 0. The van der Waals surface area contributed by atoms with Crippen LogP contribution < -0.4 is 0 Å². The van der Waals surface area contributed by atoms with Crippen molar-refractivity contribution >= 4 is 11.5 Å². The molecule has 0 amide bonds. The average Bonchev–Trinajstić information content (AvgIpc) is 2.29. The molecule has 1 aromatic rings. The van der Waals surface area contributed by atoms with Crippen molar-refractivity contribution in [3.05, 3.63) is 54.1 Å². The second-order valence-corrected chi connectivity index (χ2v) is 3.92. The maximum absolute atomic E-state index is 11.5. The molecule has 0 radical (unpaired) electrons. The topological polar surface area (TPSA) is 26.3 Å². The van der Waals surface area contributed by atoms with Crippen molar-refractivity contribution in [2.45, 2.75) is 20.3 Å². The summed E-state index contributed by atoms with van der Waals surface area (Å²) in [6.45, 7) is 8.02. The van der Waals surface area contributed by atoms with E-state index in [4.69, 9.17) is 4.74 Å². The van der Waals surface area contributed by atoms with Gasteiger partial charge in [-0.15, -0.1) is 0 Å². The average molecular weight is 230 g/mol. The molecular weight excluding hydrogens is 212 g/mol. The van der Waals surface area contributed by atoms with Gasteiger partial charge in [-0.2, -0.15) is 0 Å². The zero-order valence-corrected chi connectivity index (χ0v) is 10.4. The van der Waals surface area contributed by atoms with Crippen LogP contribution in [0.5, 0.6) is 0 Å². The zero-order chi connectivity index (χ0) is 12.7. The fourth-order valence-corrected chi connectivity index (χ4v) is 1.54. The predicted octanol–water partition coefficient (Wildman–Crippen LogP) is 3.60. The number of carbonyl (C=O) groups excluding carboxylic acids is 1. The molecule has 17 heavy (non-hydrogen) atoms. The van der Waals surface area contributed by atoms with Gasteiger partial charge in [-0.25, -0.2) is 4.79 Å². The van der Waals surface area contributed by atoms with Gasteiger partial charge in [0.15, 0.2) is 0 Å². The molecule has 0 atom stereocenters. The molecular formula is C15H18O2. The molecule has 0 aromatic heterocycles. The van der Waals surface area contributed by atoms with Gasteiger partial charge in [0.05, 0.1) is 6.61 Å². The molecule has 0 fully saturated rings. The lowest BCUT2D eigenvalue weighted by Crippen LogP contribution is -2.01. The molecule has 2 heteroatoms. The van der Waals surface area contributed by atoms with Crippen LogP contribution in [0.25, 0.3) is 5.57 Å². The van der Waals surface area contributed by atoms with Crippen LogP contribution in [-0.2, 0) is 9.53 Å². The van der Waals surface area contributed by atoms with E-state index in [0.717, 1.165) is 16.7 Å². The lowest BCUT2D eigenvalue weighted by atomic mass is 9.99. The van der Waals surface area contributed by atoms with Gasteiger partial charge >= 0.3 is 5.97 Å². The van der Waals surface area contributed by atoms with E-state index in [1.54, 1.807) is 13.0 Å². The van der Waals surface area contributed by atoms with Crippen molar-refractivity contribution in [2.24, 2.45) is 0 Å². The van der Waals surface area contributed by atoms with Crippen LogP contribution in [0.15, 0.2) is 48.6 Å². The van der Waals surface area contributed by atoms with E-state index < -0.39 is 0 Å². The van der Waals surface area contributed by atoms with Gasteiger partial charge in [0.1, 0.15) is 0 Å². The van der Waals surface area contributed by atoms with Crippen LogP contribution in [0.1, 0.15) is 25.8 Å². The summed E-state index contributed by atoms with van der Waals surface area (Å²) < 4.78 is 4.93. The highest BCUT2D eigenvalue weighted by atomic mass is 16.5. The third-order valence-corrected chi connectivity index (χ3v) is 2.22. The molecule has 0 bridgehead atoms. The van der Waals surface area contributed by atoms with E-state index >= 15 is 0 Å². The number of carbonyl (C=O) groups is 1. The second-order valence-electron chi connectivity index (χ2n) is 3.92. The Labute approximate surface area is 103 Å². The standard InChI is InChI=1S/C15H18O2/c1-4-17-15(16)11-14(10-12(2)3)13-8-6-5-7-9-13/h5-9,11H,2,4,10H2,1,3H3/b14-11-. The first kappa shape index (κ1) is 13.2. The van der Waals surface area contributed by atoms with Crippen LogP contribution in [0.2, 0.25) is 0 Å². The number of ether oxygens (including phenoxy) is 1. The first-order chi connectivity index (χ1) is 8.13. The van der Waals surface area contributed by atoms with Gasteiger partial charge in [-0.3, -0.25) is 0 Å². The monoisotopic (exact) mass is 230 g/mol. The molecule has 0 N–H and O–H groups in total. The maximum Gasteiger partial charge on any atom is 0.331 e. The number of hydrogen-bond donors (Lipinski definition) is 0. The van der Waals surface area contributed by atoms with Crippen molar-refractivity contribution in [1.29, 1.82) is 0 Å². The van der Waals surface area contributed by atoms with Gasteiger partial charge in [0.2, 0.25) is 0 Å². The summed E-state index contributed by atoms with van der Waals surface area (Å²) in [6.07, 6.45) is 2.23. The van der Waals surface area contributed by atoms with E-state index in [0.29, 0.717) is 13.0 Å². The largest absolute Gasteiger partial charge is 0.463 e. The Morgan fingerprint density at radius 1 is 1.35 bits per heavy atom. The quantitative estimate of drug-likeness (QED) is 0.439. The number of rotatable bonds is 5. The van der Waals surface area contributed by atoms with E-state index in [1.807, 2.05) is 37.3 Å². The summed E-state index contributed by atoms with van der Waals surface area (Å²) >= 11 is 0. The van der Waals surface area contributed by atoms with E-state index in [9.17, 15) is 4.79 Å². The minimum absolute atomic E-state index is 0.299. The van der Waals surface area contributed by atoms with Crippen molar-refractivity contribution in [2.75, 3.05) is 6.61 Å². The Kier molecular flexibility index (Phi) is 5.21. The summed E-state index contributed by atoms with van der Waals surface area (Å²) in [5, 5.41) is 0. The first-order valence-corrected chi connectivity index (χ1v) is 5.70. The fourth-order valence-electron chi connectivity index (χ4n) is 1.54. The lowest BCUT2D eigenvalue weighted by Gasteiger charge is -2.07. The summed E-state index contributed by atoms with van der Waals surface area (Å²) in [6, 6.07) is 9.81. The minimum Gasteiger partial charge on any atom is -0.463 e. The third-order valence-electron chi connectivity index (χ3n) is 2.22. The SMILES string of the molecule is C=C(C)C/C(=C/C(=O)OCC)c1ccccc1. The normalized spacial score (nSPS) is 11.1. The number of benzene rings is 1. The zero-order valence-electron chi connectivity index (χ0n) is 10.4. The first-order valence-electron chi connectivity index (χ1n) is 5.70. The Balaban J connectivity index is 2.96. The molecule has 1 aromatic carbocycles. The van der Waals surface area contributed by atoms with Crippen molar-refractivity contribution in [3.63, 3.8) is 0 Å². The molecule has 0 aliphatic carbocycles. The van der Waals surface area contributed by atoms with Crippen LogP contribution in [0.4, 0.5) is 0 Å². The number of esters is 1. The Hall–Kier alpha value is -1.83. The van der Waals surface area contributed by atoms with Crippen molar-refractivity contribution < 1.29 is 9.53 Å². The molecule has 0 unspecified atom stereocenters. The van der Waals surface area contributed by atoms with E-state index in [-0.39, 0.29) is 5.97 Å². The molecule has 0 saturated carbocycles. The summed E-state index contributed by atoms with van der Waals surface area (Å²) in [5.41, 5.74) is 2.99. The molecule has 0 spiro atoms. The third kappa shape index (κ3) is 4.68. The van der Waals surface area contributed by atoms with Gasteiger partial charge in [0, 0.05) is 6.08 Å². The minimum atomic E-state index is -0.299. The Bertz CT molecular complexity index is 416. The second kappa shape index (κ2) is 6.69. The van der Waals surface area contributed by atoms with Crippen LogP contribution in [0.3, 0.4) is 0 Å². The number of allylic oxidation sites excluding steroid dienone is 2. The Morgan fingerprint density at radius 2 is 2.00 bits per heavy atom. The Morgan fingerprint density at radius 3 is 2.53 bits per heavy atom. The van der Waals surface area contributed by atoms with E-state index in [2.05, 4.69) is 6.58 Å². The van der Waals surface area contributed by atoms with Gasteiger partial charge in [-0.05, 0) is 31.4 Å². The fraction of sp³-hybridized carbons (Fsp3) is 0.267. The predicted molar refractivity (Wildman–Crippen MR) is 70.5 cm³/mol. The highest BCUT2D eigenvalue weighted by Gasteiger charge is 2.05. The molecule has 0 heterocycles. The number of hydrogen-bond acceptors (Lipinski definition) is 2. The van der Waals surface area contributed by atoms with Gasteiger partial charge in [-0.1, -0.05) is 42.5 Å².